The molecule has 1 aromatic carbocycles. The van der Waals surface area contributed by atoms with Gasteiger partial charge in [0.25, 0.3) is 0 Å². The SMILES string of the molecule is C[C@@H]1CCC[C@]1(O)c1cc(Br)cc(Br)c1. The molecule has 0 radical (unpaired) electrons. The van der Waals surface area contributed by atoms with Crippen molar-refractivity contribution < 1.29 is 5.11 Å². The van der Waals surface area contributed by atoms with Crippen molar-refractivity contribution in [2.24, 2.45) is 5.92 Å². The van der Waals surface area contributed by atoms with E-state index in [2.05, 4.69) is 38.8 Å². The topological polar surface area (TPSA) is 20.2 Å². The summed E-state index contributed by atoms with van der Waals surface area (Å²) >= 11 is 6.93. The third kappa shape index (κ3) is 2.15. The number of aliphatic hydroxyl groups is 1. The second kappa shape index (κ2) is 4.19. The highest BCUT2D eigenvalue weighted by atomic mass is 79.9. The highest BCUT2D eigenvalue weighted by Gasteiger charge is 2.39. The van der Waals surface area contributed by atoms with Crippen LogP contribution < -0.4 is 0 Å². The fraction of sp³-hybridized carbons (Fsp3) is 0.500. The summed E-state index contributed by atoms with van der Waals surface area (Å²) in [7, 11) is 0. The number of rotatable bonds is 1. The van der Waals surface area contributed by atoms with Gasteiger partial charge in [-0.3, -0.25) is 0 Å². The second-order valence-corrected chi connectivity index (χ2v) is 6.21. The van der Waals surface area contributed by atoms with Gasteiger partial charge >= 0.3 is 0 Å². The van der Waals surface area contributed by atoms with E-state index >= 15 is 0 Å². The molecule has 3 heteroatoms. The van der Waals surface area contributed by atoms with Gasteiger partial charge < -0.3 is 5.11 Å². The third-order valence-electron chi connectivity index (χ3n) is 3.37. The fourth-order valence-electron chi connectivity index (χ4n) is 2.40. The largest absolute Gasteiger partial charge is 0.385 e. The molecule has 15 heavy (non-hydrogen) atoms. The lowest BCUT2D eigenvalue weighted by Crippen LogP contribution is -2.28. The van der Waals surface area contributed by atoms with Crippen molar-refractivity contribution in [3.8, 4) is 0 Å². The Labute approximate surface area is 107 Å². The van der Waals surface area contributed by atoms with Crippen molar-refractivity contribution in [3.05, 3.63) is 32.7 Å². The van der Waals surface area contributed by atoms with Gasteiger partial charge in [-0.2, -0.15) is 0 Å². The van der Waals surface area contributed by atoms with E-state index in [1.54, 1.807) is 0 Å². The minimum Gasteiger partial charge on any atom is -0.385 e. The van der Waals surface area contributed by atoms with Crippen LogP contribution in [0.2, 0.25) is 0 Å². The molecule has 0 heterocycles. The van der Waals surface area contributed by atoms with E-state index < -0.39 is 5.60 Å². The molecule has 1 aliphatic rings. The molecular formula is C12H14Br2O. The number of hydrogen-bond acceptors (Lipinski definition) is 1. The zero-order valence-electron chi connectivity index (χ0n) is 8.63. The van der Waals surface area contributed by atoms with Crippen molar-refractivity contribution in [1.29, 1.82) is 0 Å². The van der Waals surface area contributed by atoms with Crippen LogP contribution in [-0.2, 0) is 5.60 Å². The Morgan fingerprint density at radius 1 is 1.27 bits per heavy atom. The first-order valence-corrected chi connectivity index (χ1v) is 6.80. The molecule has 1 saturated carbocycles. The Kier molecular flexibility index (Phi) is 3.25. The summed E-state index contributed by atoms with van der Waals surface area (Å²) in [5, 5.41) is 10.6. The molecule has 0 aromatic heterocycles. The Morgan fingerprint density at radius 3 is 2.33 bits per heavy atom. The summed E-state index contributed by atoms with van der Waals surface area (Å²) in [5.41, 5.74) is 0.389. The average Bonchev–Trinajstić information content (AvgIpc) is 2.47. The first-order chi connectivity index (χ1) is 7.02. The summed E-state index contributed by atoms with van der Waals surface area (Å²) in [6, 6.07) is 6.03. The summed E-state index contributed by atoms with van der Waals surface area (Å²) in [5.74, 6) is 0.346. The maximum atomic E-state index is 10.6. The molecule has 0 unspecified atom stereocenters. The maximum Gasteiger partial charge on any atom is 0.0922 e. The van der Waals surface area contributed by atoms with Gasteiger partial charge in [0.05, 0.1) is 5.60 Å². The monoisotopic (exact) mass is 332 g/mol. The Morgan fingerprint density at radius 2 is 1.87 bits per heavy atom. The molecule has 1 N–H and O–H groups in total. The standard InChI is InChI=1S/C12H14Br2O/c1-8-3-2-4-12(8,15)9-5-10(13)7-11(14)6-9/h5-8,15H,2-4H2,1H3/t8-,12-/m1/s1. The lowest BCUT2D eigenvalue weighted by molar-refractivity contribution is 0.00438. The minimum atomic E-state index is -0.633. The molecule has 82 valence electrons. The van der Waals surface area contributed by atoms with E-state index in [-0.39, 0.29) is 0 Å². The molecule has 1 nitrogen and oxygen atoms in total. The number of benzene rings is 1. The minimum absolute atomic E-state index is 0.346. The van der Waals surface area contributed by atoms with Crippen LogP contribution in [0.3, 0.4) is 0 Å². The molecule has 1 fully saturated rings. The molecular weight excluding hydrogens is 320 g/mol. The fourth-order valence-corrected chi connectivity index (χ4v) is 3.69. The van der Waals surface area contributed by atoms with Crippen molar-refractivity contribution in [1.82, 2.24) is 0 Å². The summed E-state index contributed by atoms with van der Waals surface area (Å²) in [6.07, 6.45) is 3.10. The zero-order valence-corrected chi connectivity index (χ0v) is 11.8. The van der Waals surface area contributed by atoms with Crippen LogP contribution in [0.1, 0.15) is 31.7 Å². The Bertz CT molecular complexity index is 358. The van der Waals surface area contributed by atoms with E-state index in [1.807, 2.05) is 18.2 Å². The lowest BCUT2D eigenvalue weighted by Gasteiger charge is -2.28. The predicted molar refractivity (Wildman–Crippen MR) is 68.8 cm³/mol. The van der Waals surface area contributed by atoms with Gasteiger partial charge in [0.2, 0.25) is 0 Å². The average molecular weight is 334 g/mol. The molecule has 0 saturated heterocycles. The first kappa shape index (κ1) is 11.6. The van der Waals surface area contributed by atoms with E-state index in [9.17, 15) is 5.11 Å². The smallest absolute Gasteiger partial charge is 0.0922 e. The van der Waals surface area contributed by atoms with Crippen molar-refractivity contribution in [2.75, 3.05) is 0 Å². The zero-order chi connectivity index (χ0) is 11.1. The van der Waals surface area contributed by atoms with Crippen LogP contribution in [-0.4, -0.2) is 5.11 Å². The van der Waals surface area contributed by atoms with Crippen molar-refractivity contribution in [2.45, 2.75) is 31.8 Å². The van der Waals surface area contributed by atoms with Crippen LogP contribution >= 0.6 is 31.9 Å². The molecule has 0 amide bonds. The normalized spacial score (nSPS) is 30.8. The first-order valence-electron chi connectivity index (χ1n) is 5.21. The molecule has 1 aromatic rings. The summed E-state index contributed by atoms with van der Waals surface area (Å²) < 4.78 is 2.03. The van der Waals surface area contributed by atoms with Gasteiger partial charge in [-0.25, -0.2) is 0 Å². The maximum absolute atomic E-state index is 10.6. The van der Waals surface area contributed by atoms with Crippen LogP contribution in [0.5, 0.6) is 0 Å². The van der Waals surface area contributed by atoms with Crippen LogP contribution in [0.15, 0.2) is 27.1 Å². The Hall–Kier alpha value is 0.140. The molecule has 0 spiro atoms. The van der Waals surface area contributed by atoms with E-state index in [4.69, 9.17) is 0 Å². The van der Waals surface area contributed by atoms with Gasteiger partial charge in [0, 0.05) is 8.95 Å². The molecule has 1 aliphatic carbocycles. The molecule has 2 atom stereocenters. The lowest BCUT2D eigenvalue weighted by atomic mass is 9.85. The summed E-state index contributed by atoms with van der Waals surface area (Å²) in [6.45, 7) is 2.13. The van der Waals surface area contributed by atoms with Gasteiger partial charge in [-0.15, -0.1) is 0 Å². The van der Waals surface area contributed by atoms with Gasteiger partial charge in [0.1, 0.15) is 0 Å². The van der Waals surface area contributed by atoms with E-state index in [0.29, 0.717) is 5.92 Å². The quantitative estimate of drug-likeness (QED) is 0.815. The summed E-state index contributed by atoms with van der Waals surface area (Å²) in [4.78, 5) is 0. The van der Waals surface area contributed by atoms with E-state index in [1.165, 1.54) is 0 Å². The van der Waals surface area contributed by atoms with Crippen LogP contribution in [0.25, 0.3) is 0 Å². The van der Waals surface area contributed by atoms with Gasteiger partial charge in [-0.05, 0) is 48.9 Å². The Balaban J connectivity index is 2.44. The van der Waals surface area contributed by atoms with Crippen molar-refractivity contribution >= 4 is 31.9 Å². The van der Waals surface area contributed by atoms with Gasteiger partial charge in [-0.1, -0.05) is 38.8 Å². The molecule has 0 aliphatic heterocycles. The predicted octanol–water partition coefficient (Wildman–Crippen LogP) is 4.22. The highest BCUT2D eigenvalue weighted by molar-refractivity contribution is 9.11. The number of halogens is 2. The van der Waals surface area contributed by atoms with Crippen LogP contribution in [0.4, 0.5) is 0 Å². The highest BCUT2D eigenvalue weighted by Crippen LogP contribution is 2.44. The van der Waals surface area contributed by atoms with E-state index in [0.717, 1.165) is 33.8 Å². The molecule has 0 bridgehead atoms. The number of hydrogen-bond donors (Lipinski definition) is 1. The second-order valence-electron chi connectivity index (χ2n) is 4.38. The van der Waals surface area contributed by atoms with Crippen molar-refractivity contribution in [3.63, 3.8) is 0 Å². The van der Waals surface area contributed by atoms with Crippen LogP contribution in [0, 0.1) is 5.92 Å². The van der Waals surface area contributed by atoms with Gasteiger partial charge in [0.15, 0.2) is 0 Å². The third-order valence-corrected chi connectivity index (χ3v) is 4.29. The molecule has 2 rings (SSSR count).